The molecular weight excluding hydrogens is 216 g/mol. The number of carbonyl (C=O) groups is 1. The number of carbonyl (C=O) groups excluding carboxylic acids is 1. The standard InChI is InChI=1S/C13H24N2O2/c1-12(2,3)17-11(16)15-10-7-13(8-10)5-9(6-13)14-4/h9-10,14H,5-8H2,1-4H3,(H,15,16). The molecular formula is C13H24N2O2. The second-order valence-corrected chi connectivity index (χ2v) is 6.65. The first-order valence-corrected chi connectivity index (χ1v) is 6.49. The second kappa shape index (κ2) is 4.16. The zero-order chi connectivity index (χ0) is 12.7. The molecule has 0 radical (unpaired) electrons. The van der Waals surface area contributed by atoms with Gasteiger partial charge in [-0.3, -0.25) is 0 Å². The van der Waals surface area contributed by atoms with E-state index in [0.29, 0.717) is 17.5 Å². The molecule has 98 valence electrons. The van der Waals surface area contributed by atoms with Gasteiger partial charge < -0.3 is 15.4 Å². The molecule has 2 saturated carbocycles. The average Bonchev–Trinajstić information content (AvgIpc) is 2.03. The van der Waals surface area contributed by atoms with Crippen molar-refractivity contribution in [1.82, 2.24) is 10.6 Å². The smallest absolute Gasteiger partial charge is 0.407 e. The molecule has 17 heavy (non-hydrogen) atoms. The highest BCUT2D eigenvalue weighted by Gasteiger charge is 2.52. The molecule has 0 saturated heterocycles. The molecule has 0 aromatic rings. The fraction of sp³-hybridized carbons (Fsp3) is 0.923. The predicted octanol–water partition coefficient (Wildman–Crippen LogP) is 2.04. The lowest BCUT2D eigenvalue weighted by Gasteiger charge is -2.57. The van der Waals surface area contributed by atoms with E-state index in [4.69, 9.17) is 4.74 Å². The average molecular weight is 240 g/mol. The van der Waals surface area contributed by atoms with Gasteiger partial charge in [0.1, 0.15) is 5.60 Å². The first-order valence-electron chi connectivity index (χ1n) is 6.49. The molecule has 2 rings (SSSR count). The molecule has 0 heterocycles. The van der Waals surface area contributed by atoms with Gasteiger partial charge >= 0.3 is 6.09 Å². The molecule has 2 fully saturated rings. The van der Waals surface area contributed by atoms with E-state index < -0.39 is 5.60 Å². The third-order valence-corrected chi connectivity index (χ3v) is 3.85. The summed E-state index contributed by atoms with van der Waals surface area (Å²) in [5.74, 6) is 0. The summed E-state index contributed by atoms with van der Waals surface area (Å²) in [7, 11) is 2.02. The van der Waals surface area contributed by atoms with Gasteiger partial charge in [0.2, 0.25) is 0 Å². The van der Waals surface area contributed by atoms with Crippen LogP contribution in [0.15, 0.2) is 0 Å². The van der Waals surface area contributed by atoms with Crippen molar-refractivity contribution >= 4 is 6.09 Å². The topological polar surface area (TPSA) is 50.4 Å². The highest BCUT2D eigenvalue weighted by molar-refractivity contribution is 5.68. The Kier molecular flexibility index (Phi) is 3.10. The lowest BCUT2D eigenvalue weighted by molar-refractivity contribution is -0.0308. The van der Waals surface area contributed by atoms with Crippen LogP contribution in [0.25, 0.3) is 0 Å². The van der Waals surface area contributed by atoms with Gasteiger partial charge in [-0.05, 0) is 58.9 Å². The van der Waals surface area contributed by atoms with Crippen molar-refractivity contribution < 1.29 is 9.53 Å². The highest BCUT2D eigenvalue weighted by Crippen LogP contribution is 2.55. The fourth-order valence-corrected chi connectivity index (χ4v) is 3.08. The van der Waals surface area contributed by atoms with E-state index in [1.165, 1.54) is 12.8 Å². The molecule has 2 N–H and O–H groups in total. The number of amides is 1. The Morgan fingerprint density at radius 1 is 1.18 bits per heavy atom. The van der Waals surface area contributed by atoms with Crippen molar-refractivity contribution in [3.63, 3.8) is 0 Å². The first kappa shape index (κ1) is 12.7. The van der Waals surface area contributed by atoms with Gasteiger partial charge in [0.25, 0.3) is 0 Å². The summed E-state index contributed by atoms with van der Waals surface area (Å²) in [5.41, 5.74) is 0.118. The SMILES string of the molecule is CNC1CC2(C1)CC(NC(=O)OC(C)(C)C)C2. The molecule has 1 spiro atoms. The molecule has 4 nitrogen and oxygen atoms in total. The Hall–Kier alpha value is -0.770. The summed E-state index contributed by atoms with van der Waals surface area (Å²) in [6.07, 6.45) is 4.47. The molecule has 0 atom stereocenters. The van der Waals surface area contributed by atoms with Crippen LogP contribution in [-0.4, -0.2) is 30.8 Å². The van der Waals surface area contributed by atoms with E-state index in [2.05, 4.69) is 10.6 Å². The fourth-order valence-electron chi connectivity index (χ4n) is 3.08. The van der Waals surface area contributed by atoms with E-state index in [1.54, 1.807) is 0 Å². The first-order chi connectivity index (χ1) is 7.82. The van der Waals surface area contributed by atoms with Gasteiger partial charge in [0.15, 0.2) is 0 Å². The number of hydrogen-bond donors (Lipinski definition) is 2. The minimum Gasteiger partial charge on any atom is -0.444 e. The van der Waals surface area contributed by atoms with Crippen molar-refractivity contribution in [2.75, 3.05) is 7.05 Å². The van der Waals surface area contributed by atoms with E-state index in [-0.39, 0.29) is 6.09 Å². The summed E-state index contributed by atoms with van der Waals surface area (Å²) in [6.45, 7) is 5.66. The Balaban J connectivity index is 1.66. The number of nitrogens with one attached hydrogen (secondary N) is 2. The van der Waals surface area contributed by atoms with Crippen LogP contribution in [0.2, 0.25) is 0 Å². The van der Waals surface area contributed by atoms with Crippen molar-refractivity contribution in [2.45, 2.75) is 64.1 Å². The van der Waals surface area contributed by atoms with Crippen molar-refractivity contribution in [2.24, 2.45) is 5.41 Å². The van der Waals surface area contributed by atoms with Crippen LogP contribution in [0.1, 0.15) is 46.5 Å². The molecule has 2 aliphatic rings. The molecule has 1 amide bonds. The maximum absolute atomic E-state index is 11.6. The minimum atomic E-state index is -0.404. The third kappa shape index (κ3) is 2.92. The van der Waals surface area contributed by atoms with Gasteiger partial charge in [-0.15, -0.1) is 0 Å². The molecule has 0 aliphatic heterocycles. The summed E-state index contributed by atoms with van der Waals surface area (Å²) in [5, 5.41) is 6.25. The van der Waals surface area contributed by atoms with Crippen LogP contribution in [0, 0.1) is 5.41 Å². The third-order valence-electron chi connectivity index (χ3n) is 3.85. The van der Waals surface area contributed by atoms with Crippen molar-refractivity contribution in [1.29, 1.82) is 0 Å². The number of alkyl carbamates (subject to hydrolysis) is 1. The second-order valence-electron chi connectivity index (χ2n) is 6.65. The summed E-state index contributed by atoms with van der Waals surface area (Å²) < 4.78 is 5.24. The van der Waals surface area contributed by atoms with E-state index in [0.717, 1.165) is 12.8 Å². The van der Waals surface area contributed by atoms with Crippen LogP contribution in [0.3, 0.4) is 0 Å². The Labute approximate surface area is 103 Å². The molecule has 2 aliphatic carbocycles. The monoisotopic (exact) mass is 240 g/mol. The van der Waals surface area contributed by atoms with E-state index in [1.807, 2.05) is 27.8 Å². The summed E-state index contributed by atoms with van der Waals surface area (Å²) in [4.78, 5) is 11.6. The van der Waals surface area contributed by atoms with Gasteiger partial charge in [-0.2, -0.15) is 0 Å². The predicted molar refractivity (Wildman–Crippen MR) is 66.9 cm³/mol. The van der Waals surface area contributed by atoms with Crippen molar-refractivity contribution in [3.8, 4) is 0 Å². The Morgan fingerprint density at radius 3 is 2.18 bits per heavy atom. The Morgan fingerprint density at radius 2 is 1.71 bits per heavy atom. The quantitative estimate of drug-likeness (QED) is 0.776. The Bertz CT molecular complexity index is 295. The molecule has 4 heteroatoms. The molecule has 0 aromatic heterocycles. The maximum Gasteiger partial charge on any atom is 0.407 e. The minimum absolute atomic E-state index is 0.276. The van der Waals surface area contributed by atoms with Crippen LogP contribution >= 0.6 is 0 Å². The van der Waals surface area contributed by atoms with Crippen LogP contribution in [0.5, 0.6) is 0 Å². The lowest BCUT2D eigenvalue weighted by Crippen LogP contribution is -2.60. The number of rotatable bonds is 2. The summed E-state index contributed by atoms with van der Waals surface area (Å²) >= 11 is 0. The van der Waals surface area contributed by atoms with Crippen LogP contribution in [0.4, 0.5) is 4.79 Å². The maximum atomic E-state index is 11.6. The zero-order valence-corrected chi connectivity index (χ0v) is 11.3. The van der Waals surface area contributed by atoms with Gasteiger partial charge in [0.05, 0.1) is 0 Å². The van der Waals surface area contributed by atoms with Gasteiger partial charge in [0, 0.05) is 12.1 Å². The van der Waals surface area contributed by atoms with Crippen molar-refractivity contribution in [3.05, 3.63) is 0 Å². The van der Waals surface area contributed by atoms with Gasteiger partial charge in [-0.1, -0.05) is 0 Å². The molecule has 0 aromatic carbocycles. The summed E-state index contributed by atoms with van der Waals surface area (Å²) in [6, 6.07) is 1.01. The number of hydrogen-bond acceptors (Lipinski definition) is 3. The van der Waals surface area contributed by atoms with E-state index in [9.17, 15) is 4.79 Å². The lowest BCUT2D eigenvalue weighted by atomic mass is 9.52. The molecule has 0 unspecified atom stereocenters. The van der Waals surface area contributed by atoms with Crippen LogP contribution < -0.4 is 10.6 Å². The zero-order valence-electron chi connectivity index (χ0n) is 11.3. The van der Waals surface area contributed by atoms with E-state index >= 15 is 0 Å². The number of ether oxygens (including phenoxy) is 1. The highest BCUT2D eigenvalue weighted by atomic mass is 16.6. The molecule has 0 bridgehead atoms. The normalized spacial score (nSPS) is 36.0. The van der Waals surface area contributed by atoms with Crippen LogP contribution in [-0.2, 0) is 4.74 Å². The van der Waals surface area contributed by atoms with Gasteiger partial charge in [-0.25, -0.2) is 4.79 Å². The largest absolute Gasteiger partial charge is 0.444 e.